The Morgan fingerprint density at radius 2 is 1.46 bits per heavy atom. The first kappa shape index (κ1) is 28.6. The van der Waals surface area contributed by atoms with Crippen LogP contribution in [-0.2, 0) is 30.5 Å². The third-order valence-electron chi connectivity index (χ3n) is 6.55. The Hall–Kier alpha value is -3.90. The molecule has 3 aromatic rings. The summed E-state index contributed by atoms with van der Waals surface area (Å²) in [6.07, 6.45) is -1.71. The van der Waals surface area contributed by atoms with Crippen LogP contribution in [0.5, 0.6) is 5.75 Å². The van der Waals surface area contributed by atoms with Gasteiger partial charge in [-0.15, -0.1) is 0 Å². The Balaban J connectivity index is 1.06. The standard InChI is InChI=1S/C29H24Br2N2O8/c30-23-13-17(15-40-29(37)41-33-25(34)9-10-26(33)35)14-24(31)27(23)38-12-11-32-28(36)39-16-22-20-7-3-1-5-18(20)19-6-2-4-8-21(19)22/h1-8,13-14,22H,9-12,15-16H2,(H,32,36). The van der Waals surface area contributed by atoms with Crippen LogP contribution in [0.1, 0.15) is 35.4 Å². The fourth-order valence-electron chi connectivity index (χ4n) is 4.69. The van der Waals surface area contributed by atoms with Crippen molar-refractivity contribution in [1.82, 2.24) is 10.4 Å². The molecule has 2 aliphatic rings. The summed E-state index contributed by atoms with van der Waals surface area (Å²) in [6.45, 7) is 0.428. The lowest BCUT2D eigenvalue weighted by Crippen LogP contribution is -2.32. The Bertz CT molecular complexity index is 1430. The van der Waals surface area contributed by atoms with Crippen molar-refractivity contribution in [1.29, 1.82) is 0 Å². The van der Waals surface area contributed by atoms with Gasteiger partial charge in [-0.3, -0.25) is 14.4 Å². The Morgan fingerprint density at radius 3 is 2.07 bits per heavy atom. The molecule has 1 fully saturated rings. The highest BCUT2D eigenvalue weighted by atomic mass is 79.9. The smallest absolute Gasteiger partial charge is 0.489 e. The number of carbonyl (C=O) groups excluding carboxylic acids is 4. The van der Waals surface area contributed by atoms with Gasteiger partial charge in [0.05, 0.1) is 15.5 Å². The number of amides is 3. The number of halogens is 2. The maximum absolute atomic E-state index is 12.4. The minimum Gasteiger partial charge on any atom is -0.489 e. The number of ether oxygens (including phenoxy) is 3. The number of fused-ring (bicyclic) bond motifs is 3. The van der Waals surface area contributed by atoms with Crippen molar-refractivity contribution >= 4 is 55.9 Å². The van der Waals surface area contributed by atoms with E-state index in [1.165, 1.54) is 0 Å². The third-order valence-corrected chi connectivity index (χ3v) is 7.73. The molecular formula is C29H24Br2N2O8. The molecule has 41 heavy (non-hydrogen) atoms. The molecule has 1 saturated heterocycles. The number of rotatable bonds is 9. The van der Waals surface area contributed by atoms with E-state index >= 15 is 0 Å². The van der Waals surface area contributed by atoms with Crippen LogP contribution >= 0.6 is 31.9 Å². The number of carbonyl (C=O) groups is 4. The van der Waals surface area contributed by atoms with Gasteiger partial charge in [-0.05, 0) is 71.8 Å². The van der Waals surface area contributed by atoms with Crippen LogP contribution in [0.15, 0.2) is 69.6 Å². The van der Waals surface area contributed by atoms with Gasteiger partial charge in [-0.25, -0.2) is 9.59 Å². The lowest BCUT2D eigenvalue weighted by molar-refractivity contribution is -0.177. The highest BCUT2D eigenvalue weighted by Crippen LogP contribution is 2.44. The van der Waals surface area contributed by atoms with E-state index in [9.17, 15) is 19.2 Å². The van der Waals surface area contributed by atoms with E-state index in [0.717, 1.165) is 22.3 Å². The van der Waals surface area contributed by atoms with Crippen LogP contribution < -0.4 is 10.1 Å². The highest BCUT2D eigenvalue weighted by Gasteiger charge is 2.33. The van der Waals surface area contributed by atoms with Crippen LogP contribution in [0, 0.1) is 0 Å². The molecule has 0 spiro atoms. The Labute approximate surface area is 252 Å². The maximum atomic E-state index is 12.4. The van der Waals surface area contributed by atoms with Crippen LogP contribution in [0.2, 0.25) is 0 Å². The number of nitrogens with one attached hydrogen (secondary N) is 1. The average Bonchev–Trinajstić information content (AvgIpc) is 3.45. The minimum absolute atomic E-state index is 0.00528. The number of nitrogens with zero attached hydrogens (tertiary/aromatic N) is 1. The molecule has 1 aliphatic heterocycles. The average molecular weight is 688 g/mol. The topological polar surface area (TPSA) is 120 Å². The second-order valence-electron chi connectivity index (χ2n) is 9.20. The molecular weight excluding hydrogens is 664 g/mol. The first-order valence-electron chi connectivity index (χ1n) is 12.7. The van der Waals surface area contributed by atoms with Crippen LogP contribution in [0.3, 0.4) is 0 Å². The summed E-state index contributed by atoms with van der Waals surface area (Å²) in [7, 11) is 0. The molecule has 12 heteroatoms. The number of benzene rings is 3. The molecule has 0 aromatic heterocycles. The normalized spacial score (nSPS) is 14.0. The molecule has 212 valence electrons. The molecule has 0 bridgehead atoms. The van der Waals surface area contributed by atoms with E-state index in [-0.39, 0.29) is 45.1 Å². The van der Waals surface area contributed by atoms with Gasteiger partial charge in [-0.2, -0.15) is 0 Å². The number of hydroxylamine groups is 2. The molecule has 3 aromatic carbocycles. The van der Waals surface area contributed by atoms with Crippen molar-refractivity contribution in [2.75, 3.05) is 19.8 Å². The van der Waals surface area contributed by atoms with Gasteiger partial charge in [0.15, 0.2) is 0 Å². The molecule has 0 atom stereocenters. The van der Waals surface area contributed by atoms with Gasteiger partial charge in [0, 0.05) is 18.8 Å². The molecule has 3 amide bonds. The Kier molecular flexibility index (Phi) is 8.89. The van der Waals surface area contributed by atoms with Crippen LogP contribution in [0.25, 0.3) is 11.1 Å². The van der Waals surface area contributed by atoms with Crippen LogP contribution in [-0.4, -0.2) is 48.9 Å². The second-order valence-corrected chi connectivity index (χ2v) is 10.9. The summed E-state index contributed by atoms with van der Waals surface area (Å²) in [5.41, 5.74) is 5.19. The third kappa shape index (κ3) is 6.54. The lowest BCUT2D eigenvalue weighted by Gasteiger charge is -2.15. The zero-order valence-corrected chi connectivity index (χ0v) is 24.7. The van der Waals surface area contributed by atoms with E-state index in [2.05, 4.69) is 66.3 Å². The molecule has 0 saturated carbocycles. The maximum Gasteiger partial charge on any atom is 0.534 e. The summed E-state index contributed by atoms with van der Waals surface area (Å²) in [5.74, 6) is -0.719. The fourth-order valence-corrected chi connectivity index (χ4v) is 6.20. The summed E-state index contributed by atoms with van der Waals surface area (Å²) in [4.78, 5) is 52.0. The molecule has 1 aliphatic carbocycles. The molecule has 1 heterocycles. The molecule has 10 nitrogen and oxygen atoms in total. The summed E-state index contributed by atoms with van der Waals surface area (Å²) >= 11 is 6.85. The number of alkyl carbamates (subject to hydrolysis) is 1. The SMILES string of the molecule is O=C(NCCOc1c(Br)cc(COC(=O)ON2C(=O)CCC2=O)cc1Br)OCC1c2ccccc2-c2ccccc21. The monoisotopic (exact) mass is 686 g/mol. The largest absolute Gasteiger partial charge is 0.534 e. The minimum atomic E-state index is -1.17. The zero-order valence-electron chi connectivity index (χ0n) is 21.6. The highest BCUT2D eigenvalue weighted by molar-refractivity contribution is 9.11. The van der Waals surface area contributed by atoms with Crippen molar-refractivity contribution in [2.24, 2.45) is 0 Å². The molecule has 0 radical (unpaired) electrons. The van der Waals surface area contributed by atoms with Crippen molar-refractivity contribution in [2.45, 2.75) is 25.4 Å². The molecule has 1 N–H and O–H groups in total. The summed E-state index contributed by atoms with van der Waals surface area (Å²) in [5, 5.41) is 3.12. The first-order chi connectivity index (χ1) is 19.8. The van der Waals surface area contributed by atoms with Crippen molar-refractivity contribution in [3.05, 3.63) is 86.3 Å². The van der Waals surface area contributed by atoms with E-state index in [4.69, 9.17) is 14.2 Å². The number of hydrogen-bond acceptors (Lipinski definition) is 8. The van der Waals surface area contributed by atoms with Gasteiger partial charge in [0.25, 0.3) is 11.8 Å². The van der Waals surface area contributed by atoms with Gasteiger partial charge < -0.3 is 19.5 Å². The summed E-state index contributed by atoms with van der Waals surface area (Å²) in [6, 6.07) is 19.6. The lowest BCUT2D eigenvalue weighted by atomic mass is 9.98. The first-order valence-corrected chi connectivity index (χ1v) is 14.3. The quantitative estimate of drug-likeness (QED) is 0.169. The van der Waals surface area contributed by atoms with E-state index < -0.39 is 24.1 Å². The van der Waals surface area contributed by atoms with Crippen molar-refractivity contribution in [3.63, 3.8) is 0 Å². The van der Waals surface area contributed by atoms with E-state index in [1.807, 2.05) is 24.3 Å². The van der Waals surface area contributed by atoms with E-state index in [1.54, 1.807) is 12.1 Å². The Morgan fingerprint density at radius 1 is 0.878 bits per heavy atom. The predicted octanol–water partition coefficient (Wildman–Crippen LogP) is 5.85. The van der Waals surface area contributed by atoms with Gasteiger partial charge >= 0.3 is 12.2 Å². The predicted molar refractivity (Wildman–Crippen MR) is 153 cm³/mol. The molecule has 0 unspecified atom stereocenters. The second kappa shape index (κ2) is 12.7. The zero-order chi connectivity index (χ0) is 28.9. The number of hydrogen-bond donors (Lipinski definition) is 1. The van der Waals surface area contributed by atoms with E-state index in [0.29, 0.717) is 25.3 Å². The fraction of sp³-hybridized carbons (Fsp3) is 0.241. The van der Waals surface area contributed by atoms with Gasteiger partial charge in [0.2, 0.25) is 0 Å². The van der Waals surface area contributed by atoms with Crippen LogP contribution in [0.4, 0.5) is 9.59 Å². The molecule has 5 rings (SSSR count). The van der Waals surface area contributed by atoms with Crippen molar-refractivity contribution in [3.8, 4) is 16.9 Å². The van der Waals surface area contributed by atoms with Gasteiger partial charge in [-0.1, -0.05) is 53.6 Å². The number of imide groups is 1. The summed E-state index contributed by atoms with van der Waals surface area (Å²) < 4.78 is 17.5. The van der Waals surface area contributed by atoms with Gasteiger partial charge in [0.1, 0.15) is 25.6 Å². The van der Waals surface area contributed by atoms with Crippen molar-refractivity contribution < 1.29 is 38.2 Å².